The number of Topliss-reactive ketones (excluding diaryl/α,β-unsaturated/α-hetero) is 1. The van der Waals surface area contributed by atoms with Gasteiger partial charge in [-0.1, -0.05) is 24.3 Å². The molecule has 3 rings (SSSR count). The van der Waals surface area contributed by atoms with E-state index in [1.807, 2.05) is 62.4 Å². The number of carbonyl (C=O) groups excluding carboxylic acids is 2. The highest BCUT2D eigenvalue weighted by molar-refractivity contribution is 5.87. The molecule has 3 atom stereocenters. The summed E-state index contributed by atoms with van der Waals surface area (Å²) in [6.45, 7) is 3.73. The van der Waals surface area contributed by atoms with E-state index in [9.17, 15) is 9.59 Å². The van der Waals surface area contributed by atoms with Crippen molar-refractivity contribution in [3.8, 4) is 11.5 Å². The van der Waals surface area contributed by atoms with Crippen LogP contribution in [0.3, 0.4) is 0 Å². The van der Waals surface area contributed by atoms with Crippen molar-refractivity contribution in [1.29, 1.82) is 0 Å². The van der Waals surface area contributed by atoms with Gasteiger partial charge in [0.15, 0.2) is 0 Å². The van der Waals surface area contributed by atoms with Crippen LogP contribution in [0.1, 0.15) is 38.3 Å². The van der Waals surface area contributed by atoms with Gasteiger partial charge in [-0.25, -0.2) is 0 Å². The zero-order chi connectivity index (χ0) is 22.6. The molecule has 6 nitrogen and oxygen atoms in total. The van der Waals surface area contributed by atoms with E-state index >= 15 is 0 Å². The van der Waals surface area contributed by atoms with E-state index in [0.717, 1.165) is 17.0 Å². The van der Waals surface area contributed by atoms with Gasteiger partial charge in [0.05, 0.1) is 38.5 Å². The van der Waals surface area contributed by atoms with Gasteiger partial charge in [0.2, 0.25) is 0 Å². The zero-order valence-electron chi connectivity index (χ0n) is 18.8. The van der Waals surface area contributed by atoms with Crippen molar-refractivity contribution in [3.05, 3.63) is 54.1 Å². The Labute approximate surface area is 183 Å². The molecule has 0 aliphatic heterocycles. The van der Waals surface area contributed by atoms with Gasteiger partial charge in [-0.2, -0.15) is 0 Å². The molecular formula is C25H31NO5. The van der Waals surface area contributed by atoms with Crippen LogP contribution in [0.4, 0.5) is 5.69 Å². The smallest absolute Gasteiger partial charge is 0.311 e. The lowest BCUT2D eigenvalue weighted by molar-refractivity contribution is -0.155. The van der Waals surface area contributed by atoms with Gasteiger partial charge in [-0.15, -0.1) is 0 Å². The van der Waals surface area contributed by atoms with Crippen LogP contribution >= 0.6 is 0 Å². The van der Waals surface area contributed by atoms with Crippen molar-refractivity contribution >= 4 is 17.4 Å². The number of anilines is 1. The molecule has 0 spiro atoms. The first-order valence-corrected chi connectivity index (χ1v) is 10.5. The fourth-order valence-electron chi connectivity index (χ4n) is 4.63. The highest BCUT2D eigenvalue weighted by atomic mass is 16.5. The average Bonchev–Trinajstić information content (AvgIpc) is 3.19. The number of rotatable bonds is 8. The Morgan fingerprint density at radius 1 is 1.03 bits per heavy atom. The third kappa shape index (κ3) is 4.53. The Hall–Kier alpha value is -3.02. The third-order valence-corrected chi connectivity index (χ3v) is 6.40. The zero-order valence-corrected chi connectivity index (χ0v) is 18.8. The van der Waals surface area contributed by atoms with Crippen LogP contribution in [0, 0.1) is 17.3 Å². The van der Waals surface area contributed by atoms with Crippen LogP contribution in [0.15, 0.2) is 48.5 Å². The van der Waals surface area contributed by atoms with Crippen LogP contribution < -0.4 is 14.8 Å². The second-order valence-corrected chi connectivity index (χ2v) is 8.45. The summed E-state index contributed by atoms with van der Waals surface area (Å²) in [5, 5.41) is 3.54. The van der Waals surface area contributed by atoms with Gasteiger partial charge in [-0.05, 0) is 56.0 Å². The van der Waals surface area contributed by atoms with Gasteiger partial charge < -0.3 is 19.5 Å². The van der Waals surface area contributed by atoms with E-state index in [0.29, 0.717) is 18.6 Å². The summed E-state index contributed by atoms with van der Waals surface area (Å²) < 4.78 is 15.9. The van der Waals surface area contributed by atoms with E-state index in [1.54, 1.807) is 14.2 Å². The largest absolute Gasteiger partial charge is 0.497 e. The van der Waals surface area contributed by atoms with Crippen LogP contribution in [0.5, 0.6) is 11.5 Å². The molecule has 0 aromatic heterocycles. The molecule has 0 saturated heterocycles. The number of hydrogen-bond donors (Lipinski definition) is 1. The molecule has 0 heterocycles. The number of ether oxygens (including phenoxy) is 3. The number of ketones is 1. The maximum atomic E-state index is 13.2. The Balaban J connectivity index is 2.07. The molecule has 0 bridgehead atoms. The van der Waals surface area contributed by atoms with Crippen molar-refractivity contribution in [2.24, 2.45) is 17.3 Å². The minimum Gasteiger partial charge on any atom is -0.497 e. The van der Waals surface area contributed by atoms with E-state index in [-0.39, 0.29) is 23.7 Å². The predicted molar refractivity (Wildman–Crippen MR) is 119 cm³/mol. The van der Waals surface area contributed by atoms with E-state index in [4.69, 9.17) is 14.2 Å². The summed E-state index contributed by atoms with van der Waals surface area (Å²) >= 11 is 0. The molecule has 2 aromatic carbocycles. The molecule has 166 valence electrons. The highest BCUT2D eigenvalue weighted by Gasteiger charge is 2.51. The van der Waals surface area contributed by atoms with Crippen molar-refractivity contribution < 1.29 is 23.8 Å². The van der Waals surface area contributed by atoms with Gasteiger partial charge in [0.25, 0.3) is 0 Å². The van der Waals surface area contributed by atoms with Crippen molar-refractivity contribution in [3.63, 3.8) is 0 Å². The fraction of sp³-hybridized carbons (Fsp3) is 0.440. The summed E-state index contributed by atoms with van der Waals surface area (Å²) in [5.74, 6) is 0.710. The molecular weight excluding hydrogens is 394 g/mol. The Morgan fingerprint density at radius 2 is 1.71 bits per heavy atom. The first-order chi connectivity index (χ1) is 14.8. The maximum absolute atomic E-state index is 13.2. The van der Waals surface area contributed by atoms with Crippen LogP contribution in [0.2, 0.25) is 0 Å². The SMILES string of the molecule is COC(=O)C(C)(C)[C@H]1CCC(=O)[C@@H]1[C@@H](Nc1ccccc1OC)c1ccc(OC)cc1. The van der Waals surface area contributed by atoms with E-state index < -0.39 is 11.3 Å². The number of carbonyl (C=O) groups is 2. The molecule has 1 aliphatic carbocycles. The van der Waals surface area contributed by atoms with E-state index in [1.165, 1.54) is 7.11 Å². The third-order valence-electron chi connectivity index (χ3n) is 6.40. The lowest BCUT2D eigenvalue weighted by atomic mass is 9.70. The molecule has 31 heavy (non-hydrogen) atoms. The van der Waals surface area contributed by atoms with Crippen molar-refractivity contribution in [1.82, 2.24) is 0 Å². The quantitative estimate of drug-likeness (QED) is 0.621. The first kappa shape index (κ1) is 22.7. The number of esters is 1. The summed E-state index contributed by atoms with van der Waals surface area (Å²) in [6, 6.07) is 15.0. The molecule has 1 fully saturated rings. The first-order valence-electron chi connectivity index (χ1n) is 10.5. The lowest BCUT2D eigenvalue weighted by Crippen LogP contribution is -2.40. The second-order valence-electron chi connectivity index (χ2n) is 8.45. The summed E-state index contributed by atoms with van der Waals surface area (Å²) in [5.41, 5.74) is 0.941. The number of para-hydroxylation sites is 2. The van der Waals surface area contributed by atoms with Gasteiger partial charge in [0, 0.05) is 12.3 Å². The predicted octanol–water partition coefficient (Wildman–Crippen LogP) is 4.65. The van der Waals surface area contributed by atoms with Gasteiger partial charge in [0.1, 0.15) is 17.3 Å². The molecule has 0 radical (unpaired) electrons. The molecule has 1 aliphatic rings. The summed E-state index contributed by atoms with van der Waals surface area (Å²) in [6.07, 6.45) is 1.09. The minimum atomic E-state index is -0.793. The molecule has 0 unspecified atom stereocenters. The highest BCUT2D eigenvalue weighted by Crippen LogP contribution is 2.49. The number of nitrogens with one attached hydrogen (secondary N) is 1. The Bertz CT molecular complexity index is 922. The van der Waals surface area contributed by atoms with E-state index in [2.05, 4.69) is 5.32 Å². The molecule has 2 aromatic rings. The van der Waals surface area contributed by atoms with Gasteiger partial charge in [-0.3, -0.25) is 9.59 Å². The molecule has 6 heteroatoms. The second kappa shape index (κ2) is 9.41. The van der Waals surface area contributed by atoms with Crippen LogP contribution in [-0.4, -0.2) is 33.1 Å². The summed E-state index contributed by atoms with van der Waals surface area (Å²) in [4.78, 5) is 25.8. The minimum absolute atomic E-state index is 0.144. The maximum Gasteiger partial charge on any atom is 0.311 e. The molecule has 1 saturated carbocycles. The topological polar surface area (TPSA) is 73.9 Å². The normalized spacial score (nSPS) is 19.6. The lowest BCUT2D eigenvalue weighted by Gasteiger charge is -2.37. The molecule has 1 N–H and O–H groups in total. The standard InChI is InChI=1S/C25H31NO5/c1-25(2,24(28)31-5)18-14-15-20(27)22(18)23(16-10-12-17(29-3)13-11-16)26-19-8-6-7-9-21(19)30-4/h6-13,18,22-23,26H,14-15H2,1-5H3/t18-,22+,23-/m0/s1. The average molecular weight is 426 g/mol. The number of hydrogen-bond acceptors (Lipinski definition) is 6. The monoisotopic (exact) mass is 425 g/mol. The van der Waals surface area contributed by atoms with Gasteiger partial charge >= 0.3 is 5.97 Å². The number of benzene rings is 2. The summed E-state index contributed by atoms with van der Waals surface area (Å²) in [7, 11) is 4.63. The van der Waals surface area contributed by atoms with Crippen LogP contribution in [0.25, 0.3) is 0 Å². The Morgan fingerprint density at radius 3 is 2.32 bits per heavy atom. The Kier molecular flexibility index (Phi) is 6.88. The van der Waals surface area contributed by atoms with Crippen molar-refractivity contribution in [2.45, 2.75) is 32.7 Å². The molecule has 0 amide bonds. The fourth-order valence-corrected chi connectivity index (χ4v) is 4.63. The van der Waals surface area contributed by atoms with Crippen molar-refractivity contribution in [2.75, 3.05) is 26.6 Å². The number of methoxy groups -OCH3 is 3. The van der Waals surface area contributed by atoms with Crippen LogP contribution in [-0.2, 0) is 14.3 Å².